The Morgan fingerprint density at radius 2 is 1.94 bits per heavy atom. The Bertz CT molecular complexity index is 543. The maximum Gasteiger partial charge on any atom is 0.435 e. The average Bonchev–Trinajstić information content (AvgIpc) is 2.60. The summed E-state index contributed by atoms with van der Waals surface area (Å²) in [6, 6.07) is 4.50. The van der Waals surface area contributed by atoms with Crippen molar-refractivity contribution in [2.75, 3.05) is 0 Å². The molecular formula is C11H10F3N3. The van der Waals surface area contributed by atoms with Gasteiger partial charge in [-0.05, 0) is 30.7 Å². The molecule has 0 aliphatic rings. The molecule has 17 heavy (non-hydrogen) atoms. The van der Waals surface area contributed by atoms with Crippen LogP contribution in [0, 0.1) is 6.92 Å². The maximum absolute atomic E-state index is 12.5. The van der Waals surface area contributed by atoms with Crippen LogP contribution in [0.1, 0.15) is 11.3 Å². The van der Waals surface area contributed by atoms with E-state index in [0.29, 0.717) is 11.4 Å². The van der Waals surface area contributed by atoms with Crippen LogP contribution < -0.4 is 0 Å². The molecule has 0 saturated heterocycles. The highest BCUT2D eigenvalue weighted by Crippen LogP contribution is 2.30. The summed E-state index contributed by atoms with van der Waals surface area (Å²) in [6.07, 6.45) is -2.87. The summed E-state index contributed by atoms with van der Waals surface area (Å²) in [4.78, 5) is 4.04. The van der Waals surface area contributed by atoms with E-state index in [-0.39, 0.29) is 0 Å². The molecule has 0 fully saturated rings. The minimum absolute atomic E-state index is 0.348. The van der Waals surface area contributed by atoms with Crippen molar-refractivity contribution in [3.8, 4) is 11.4 Å². The van der Waals surface area contributed by atoms with Crippen LogP contribution in [0.2, 0.25) is 0 Å². The predicted octanol–water partition coefficient (Wildman–Crippen LogP) is 2.81. The van der Waals surface area contributed by atoms with E-state index in [9.17, 15) is 13.2 Å². The lowest BCUT2D eigenvalue weighted by molar-refractivity contribution is -0.141. The fourth-order valence-electron chi connectivity index (χ4n) is 1.52. The van der Waals surface area contributed by atoms with Crippen molar-refractivity contribution in [1.82, 2.24) is 14.8 Å². The van der Waals surface area contributed by atoms with Gasteiger partial charge in [0.1, 0.15) is 0 Å². The summed E-state index contributed by atoms with van der Waals surface area (Å²) >= 11 is 0. The zero-order valence-corrected chi connectivity index (χ0v) is 9.28. The van der Waals surface area contributed by atoms with Gasteiger partial charge in [-0.15, -0.1) is 0 Å². The van der Waals surface area contributed by atoms with E-state index in [0.717, 1.165) is 11.6 Å². The van der Waals surface area contributed by atoms with Crippen molar-refractivity contribution < 1.29 is 13.2 Å². The molecule has 2 aromatic heterocycles. The SMILES string of the molecule is Cc1ccnc(-c2cc(C(F)(F)F)nn2C)c1. The van der Waals surface area contributed by atoms with E-state index in [1.165, 1.54) is 11.7 Å². The van der Waals surface area contributed by atoms with Crippen LogP contribution in [0.4, 0.5) is 13.2 Å². The Kier molecular flexibility index (Phi) is 2.65. The molecule has 0 aliphatic carbocycles. The second-order valence-electron chi connectivity index (χ2n) is 3.75. The predicted molar refractivity (Wildman–Crippen MR) is 56.2 cm³/mol. The Balaban J connectivity index is 2.50. The third kappa shape index (κ3) is 2.30. The highest BCUT2D eigenvalue weighted by atomic mass is 19.4. The van der Waals surface area contributed by atoms with Crippen LogP contribution in [0.25, 0.3) is 11.4 Å². The number of halogens is 3. The van der Waals surface area contributed by atoms with Crippen molar-refractivity contribution in [2.24, 2.45) is 7.05 Å². The lowest BCUT2D eigenvalue weighted by atomic mass is 10.2. The molecule has 0 aliphatic heterocycles. The zero-order valence-electron chi connectivity index (χ0n) is 9.28. The van der Waals surface area contributed by atoms with Gasteiger partial charge in [0.15, 0.2) is 5.69 Å². The van der Waals surface area contributed by atoms with Gasteiger partial charge >= 0.3 is 6.18 Å². The van der Waals surface area contributed by atoms with E-state index < -0.39 is 11.9 Å². The summed E-state index contributed by atoms with van der Waals surface area (Å²) in [6.45, 7) is 1.85. The number of rotatable bonds is 1. The molecule has 2 aromatic rings. The lowest BCUT2D eigenvalue weighted by Gasteiger charge is -2.01. The van der Waals surface area contributed by atoms with Gasteiger partial charge in [-0.2, -0.15) is 18.3 Å². The number of nitrogens with zero attached hydrogens (tertiary/aromatic N) is 3. The molecule has 90 valence electrons. The topological polar surface area (TPSA) is 30.7 Å². The van der Waals surface area contributed by atoms with Crippen LogP contribution in [0.5, 0.6) is 0 Å². The van der Waals surface area contributed by atoms with Crippen molar-refractivity contribution in [1.29, 1.82) is 0 Å². The average molecular weight is 241 g/mol. The number of hydrogen-bond donors (Lipinski definition) is 0. The number of aromatic nitrogens is 3. The second-order valence-corrected chi connectivity index (χ2v) is 3.75. The maximum atomic E-state index is 12.5. The monoisotopic (exact) mass is 241 g/mol. The van der Waals surface area contributed by atoms with Crippen molar-refractivity contribution >= 4 is 0 Å². The summed E-state index contributed by atoms with van der Waals surface area (Å²) in [5.74, 6) is 0. The zero-order chi connectivity index (χ0) is 12.6. The van der Waals surface area contributed by atoms with Gasteiger partial charge < -0.3 is 0 Å². The van der Waals surface area contributed by atoms with Gasteiger partial charge in [0.25, 0.3) is 0 Å². The number of hydrogen-bond acceptors (Lipinski definition) is 2. The minimum atomic E-state index is -4.43. The first-order valence-electron chi connectivity index (χ1n) is 4.92. The van der Waals surface area contributed by atoms with Gasteiger partial charge in [-0.1, -0.05) is 0 Å². The first kappa shape index (κ1) is 11.6. The van der Waals surface area contributed by atoms with E-state index in [1.54, 1.807) is 18.3 Å². The molecule has 3 nitrogen and oxygen atoms in total. The summed E-state index contributed by atoms with van der Waals surface area (Å²) in [5.41, 5.74) is 0.861. The lowest BCUT2D eigenvalue weighted by Crippen LogP contribution is -2.06. The Morgan fingerprint density at radius 1 is 1.24 bits per heavy atom. The van der Waals surface area contributed by atoms with E-state index in [2.05, 4.69) is 10.1 Å². The van der Waals surface area contributed by atoms with Gasteiger partial charge in [0, 0.05) is 13.2 Å². The third-order valence-corrected chi connectivity index (χ3v) is 2.35. The van der Waals surface area contributed by atoms with Crippen molar-refractivity contribution in [3.05, 3.63) is 35.7 Å². The van der Waals surface area contributed by atoms with Crippen LogP contribution >= 0.6 is 0 Å². The quantitative estimate of drug-likeness (QED) is 0.768. The molecule has 0 radical (unpaired) electrons. The van der Waals surface area contributed by atoms with Crippen molar-refractivity contribution in [2.45, 2.75) is 13.1 Å². The van der Waals surface area contributed by atoms with Crippen LogP contribution in [-0.2, 0) is 13.2 Å². The smallest absolute Gasteiger partial charge is 0.266 e. The standard InChI is InChI=1S/C11H10F3N3/c1-7-3-4-15-8(5-7)9-6-10(11(12,13)14)16-17(9)2/h3-6H,1-2H3. The fraction of sp³-hybridized carbons (Fsp3) is 0.273. The minimum Gasteiger partial charge on any atom is -0.266 e. The van der Waals surface area contributed by atoms with Gasteiger partial charge in [-0.3, -0.25) is 9.67 Å². The Morgan fingerprint density at radius 3 is 2.47 bits per heavy atom. The van der Waals surface area contributed by atoms with E-state index in [4.69, 9.17) is 0 Å². The van der Waals surface area contributed by atoms with Gasteiger partial charge in [0.2, 0.25) is 0 Å². The molecule has 0 spiro atoms. The number of pyridine rings is 1. The fourth-order valence-corrected chi connectivity index (χ4v) is 1.52. The normalized spacial score (nSPS) is 11.8. The summed E-state index contributed by atoms with van der Waals surface area (Å²) in [5, 5.41) is 3.44. The number of alkyl halides is 3. The number of aryl methyl sites for hydroxylation is 2. The molecule has 0 aromatic carbocycles. The second kappa shape index (κ2) is 3.87. The Labute approximate surface area is 95.9 Å². The molecule has 0 N–H and O–H groups in total. The largest absolute Gasteiger partial charge is 0.435 e. The molecule has 0 amide bonds. The molecule has 0 bridgehead atoms. The van der Waals surface area contributed by atoms with Gasteiger partial charge in [-0.25, -0.2) is 0 Å². The summed E-state index contributed by atoms with van der Waals surface area (Å²) in [7, 11) is 1.47. The van der Waals surface area contributed by atoms with E-state index >= 15 is 0 Å². The molecule has 0 atom stereocenters. The molecule has 6 heteroatoms. The van der Waals surface area contributed by atoms with Crippen LogP contribution in [0.3, 0.4) is 0 Å². The summed E-state index contributed by atoms with van der Waals surface area (Å²) < 4.78 is 38.6. The highest BCUT2D eigenvalue weighted by Gasteiger charge is 2.34. The highest BCUT2D eigenvalue weighted by molar-refractivity contribution is 5.56. The van der Waals surface area contributed by atoms with Gasteiger partial charge in [0.05, 0.1) is 11.4 Å². The first-order valence-corrected chi connectivity index (χ1v) is 4.92. The first-order chi connectivity index (χ1) is 7.88. The molecule has 2 heterocycles. The Hall–Kier alpha value is -1.85. The molecular weight excluding hydrogens is 231 g/mol. The molecule has 2 rings (SSSR count). The molecule has 0 unspecified atom stereocenters. The van der Waals surface area contributed by atoms with Crippen LogP contribution in [-0.4, -0.2) is 14.8 Å². The third-order valence-electron chi connectivity index (χ3n) is 2.35. The molecule has 0 saturated carbocycles. The van der Waals surface area contributed by atoms with Crippen LogP contribution in [0.15, 0.2) is 24.4 Å². The van der Waals surface area contributed by atoms with E-state index in [1.807, 2.05) is 6.92 Å². The van der Waals surface area contributed by atoms with Crippen molar-refractivity contribution in [3.63, 3.8) is 0 Å².